The van der Waals surface area contributed by atoms with E-state index in [9.17, 15) is 9.18 Å². The summed E-state index contributed by atoms with van der Waals surface area (Å²) in [4.78, 5) is 15.3. The number of halogens is 2. The minimum absolute atomic E-state index is 0.120. The first kappa shape index (κ1) is 14.4. The van der Waals surface area contributed by atoms with Gasteiger partial charge in [-0.25, -0.2) is 4.39 Å². The molecule has 6 heteroatoms. The van der Waals surface area contributed by atoms with Gasteiger partial charge in [-0.1, -0.05) is 19.3 Å². The van der Waals surface area contributed by atoms with Crippen LogP contribution in [0.3, 0.4) is 0 Å². The van der Waals surface area contributed by atoms with Gasteiger partial charge >= 0.3 is 0 Å². The second kappa shape index (κ2) is 6.05. The third-order valence-electron chi connectivity index (χ3n) is 3.87. The smallest absolute Gasteiger partial charge is 0.153 e. The van der Waals surface area contributed by atoms with Crippen LogP contribution in [0.25, 0.3) is 11.4 Å². The van der Waals surface area contributed by atoms with Gasteiger partial charge in [-0.3, -0.25) is 14.5 Å². The Hall–Kier alpha value is -1.56. The van der Waals surface area contributed by atoms with E-state index in [-0.39, 0.29) is 5.69 Å². The lowest BCUT2D eigenvalue weighted by Crippen LogP contribution is -2.13. The lowest BCUT2D eigenvalue weighted by Gasteiger charge is -2.21. The molecule has 2 aromatic heterocycles. The summed E-state index contributed by atoms with van der Waals surface area (Å²) in [5, 5.41) is 4.43. The summed E-state index contributed by atoms with van der Waals surface area (Å²) in [5.41, 5.74) is 0.824. The van der Waals surface area contributed by atoms with E-state index < -0.39 is 5.82 Å². The predicted octanol–water partition coefficient (Wildman–Crippen LogP) is 4.16. The Kier molecular flexibility index (Phi) is 4.14. The van der Waals surface area contributed by atoms with E-state index in [0.29, 0.717) is 28.1 Å². The Balaban J connectivity index is 2.01. The van der Waals surface area contributed by atoms with Crippen LogP contribution in [0.4, 0.5) is 4.39 Å². The number of carbonyl (C=O) groups excluding carboxylic acids is 1. The van der Waals surface area contributed by atoms with Gasteiger partial charge in [0.05, 0.1) is 11.6 Å². The molecule has 1 fully saturated rings. The van der Waals surface area contributed by atoms with Gasteiger partial charge in [0, 0.05) is 16.9 Å². The summed E-state index contributed by atoms with van der Waals surface area (Å²) in [6, 6.07) is 1.63. The maximum absolute atomic E-state index is 14.0. The Morgan fingerprint density at radius 1 is 1.29 bits per heavy atom. The number of pyridine rings is 1. The zero-order valence-electron chi connectivity index (χ0n) is 11.4. The highest BCUT2D eigenvalue weighted by molar-refractivity contribution is 9.10. The van der Waals surface area contributed by atoms with Crippen molar-refractivity contribution in [2.75, 3.05) is 0 Å². The molecule has 0 spiro atoms. The monoisotopic (exact) mass is 351 g/mol. The first-order valence-electron chi connectivity index (χ1n) is 7.05. The molecule has 0 atom stereocenters. The first-order chi connectivity index (χ1) is 10.2. The fourth-order valence-corrected chi connectivity index (χ4v) is 3.10. The molecule has 1 aliphatic rings. The van der Waals surface area contributed by atoms with Crippen molar-refractivity contribution in [1.82, 2.24) is 14.8 Å². The highest BCUT2D eigenvalue weighted by Gasteiger charge is 2.21. The topological polar surface area (TPSA) is 47.8 Å². The standard InChI is InChI=1S/C15H15BrFN3O/c16-11-6-13(17)15(18-7-11)14-10(9-21)8-20(19-14)12-4-2-1-3-5-12/h6-9,12H,1-5H2. The number of aromatic nitrogens is 3. The van der Waals surface area contributed by atoms with Crippen LogP contribution in [0.2, 0.25) is 0 Å². The second-order valence-electron chi connectivity index (χ2n) is 5.31. The van der Waals surface area contributed by atoms with Crippen LogP contribution in [0.1, 0.15) is 48.5 Å². The first-order valence-corrected chi connectivity index (χ1v) is 7.84. The van der Waals surface area contributed by atoms with Crippen LogP contribution < -0.4 is 0 Å². The Labute approximate surface area is 130 Å². The minimum atomic E-state index is -0.485. The lowest BCUT2D eigenvalue weighted by atomic mass is 9.96. The van der Waals surface area contributed by atoms with E-state index in [1.54, 1.807) is 10.9 Å². The number of aldehydes is 1. The van der Waals surface area contributed by atoms with E-state index in [2.05, 4.69) is 26.0 Å². The molecule has 0 bridgehead atoms. The number of hydrogen-bond acceptors (Lipinski definition) is 3. The SMILES string of the molecule is O=Cc1cn(C2CCCCC2)nc1-c1ncc(Br)cc1F. The normalized spacial score (nSPS) is 16.1. The van der Waals surface area contributed by atoms with Crippen molar-refractivity contribution in [3.05, 3.63) is 34.3 Å². The van der Waals surface area contributed by atoms with Crippen molar-refractivity contribution in [2.24, 2.45) is 0 Å². The number of hydrogen-bond donors (Lipinski definition) is 0. The molecule has 110 valence electrons. The summed E-state index contributed by atoms with van der Waals surface area (Å²) in [6.07, 6.45) is 9.61. The zero-order valence-corrected chi connectivity index (χ0v) is 13.0. The van der Waals surface area contributed by atoms with Crippen LogP contribution in [0, 0.1) is 5.82 Å². The van der Waals surface area contributed by atoms with E-state index >= 15 is 0 Å². The molecule has 2 aromatic rings. The van der Waals surface area contributed by atoms with Gasteiger partial charge in [0.1, 0.15) is 11.4 Å². The molecule has 4 nitrogen and oxygen atoms in total. The van der Waals surface area contributed by atoms with Gasteiger partial charge in [0.2, 0.25) is 0 Å². The van der Waals surface area contributed by atoms with Crippen molar-refractivity contribution in [1.29, 1.82) is 0 Å². The molecule has 3 rings (SSSR count). The predicted molar refractivity (Wildman–Crippen MR) is 80.6 cm³/mol. The van der Waals surface area contributed by atoms with Gasteiger partial charge in [-0.05, 0) is 34.8 Å². The number of rotatable bonds is 3. The molecule has 0 aromatic carbocycles. The van der Waals surface area contributed by atoms with Crippen LogP contribution in [0.15, 0.2) is 22.9 Å². The summed E-state index contributed by atoms with van der Waals surface area (Å²) in [6.45, 7) is 0. The van der Waals surface area contributed by atoms with Gasteiger partial charge in [0.25, 0.3) is 0 Å². The molecule has 0 N–H and O–H groups in total. The van der Waals surface area contributed by atoms with Crippen molar-refractivity contribution >= 4 is 22.2 Å². The van der Waals surface area contributed by atoms with E-state index in [1.807, 2.05) is 0 Å². The molecule has 2 heterocycles. The highest BCUT2D eigenvalue weighted by atomic mass is 79.9. The van der Waals surface area contributed by atoms with Crippen LogP contribution in [-0.2, 0) is 0 Å². The maximum Gasteiger partial charge on any atom is 0.153 e. The van der Waals surface area contributed by atoms with E-state index in [1.165, 1.54) is 31.5 Å². The van der Waals surface area contributed by atoms with Crippen molar-refractivity contribution in [2.45, 2.75) is 38.1 Å². The molecule has 0 radical (unpaired) electrons. The molecule has 21 heavy (non-hydrogen) atoms. The average Bonchev–Trinajstić information content (AvgIpc) is 2.92. The third kappa shape index (κ3) is 2.90. The van der Waals surface area contributed by atoms with Crippen LogP contribution >= 0.6 is 15.9 Å². The lowest BCUT2D eigenvalue weighted by molar-refractivity contribution is 0.112. The fraction of sp³-hybridized carbons (Fsp3) is 0.400. The van der Waals surface area contributed by atoms with E-state index in [0.717, 1.165) is 12.8 Å². The number of nitrogens with zero attached hydrogens (tertiary/aromatic N) is 3. The van der Waals surface area contributed by atoms with Crippen molar-refractivity contribution in [3.8, 4) is 11.4 Å². The summed E-state index contributed by atoms with van der Waals surface area (Å²) >= 11 is 3.17. The van der Waals surface area contributed by atoms with Crippen molar-refractivity contribution in [3.63, 3.8) is 0 Å². The maximum atomic E-state index is 14.0. The second-order valence-corrected chi connectivity index (χ2v) is 6.22. The van der Waals surface area contributed by atoms with Crippen LogP contribution in [0.5, 0.6) is 0 Å². The third-order valence-corrected chi connectivity index (χ3v) is 4.30. The van der Waals surface area contributed by atoms with Crippen LogP contribution in [-0.4, -0.2) is 21.1 Å². The van der Waals surface area contributed by atoms with Gasteiger partial charge in [-0.15, -0.1) is 0 Å². The highest BCUT2D eigenvalue weighted by Crippen LogP contribution is 2.30. The summed E-state index contributed by atoms with van der Waals surface area (Å²) in [5.74, 6) is -0.485. The molecule has 0 aliphatic heterocycles. The summed E-state index contributed by atoms with van der Waals surface area (Å²) in [7, 11) is 0. The van der Waals surface area contributed by atoms with E-state index in [4.69, 9.17) is 0 Å². The molecule has 1 aliphatic carbocycles. The van der Waals surface area contributed by atoms with Gasteiger partial charge in [0.15, 0.2) is 12.1 Å². The Morgan fingerprint density at radius 3 is 2.71 bits per heavy atom. The zero-order chi connectivity index (χ0) is 14.8. The Morgan fingerprint density at radius 2 is 2.05 bits per heavy atom. The fourth-order valence-electron chi connectivity index (χ4n) is 2.80. The molecular weight excluding hydrogens is 337 g/mol. The molecule has 0 amide bonds. The quantitative estimate of drug-likeness (QED) is 0.779. The van der Waals surface area contributed by atoms with Crippen molar-refractivity contribution < 1.29 is 9.18 Å². The summed E-state index contributed by atoms with van der Waals surface area (Å²) < 4.78 is 16.4. The molecule has 0 unspecified atom stereocenters. The molecular formula is C15H15BrFN3O. The largest absolute Gasteiger partial charge is 0.298 e. The van der Waals surface area contributed by atoms with Gasteiger partial charge < -0.3 is 0 Å². The van der Waals surface area contributed by atoms with Gasteiger partial charge in [-0.2, -0.15) is 5.10 Å². The average molecular weight is 352 g/mol. The minimum Gasteiger partial charge on any atom is -0.298 e. The molecule has 1 saturated carbocycles. The number of carbonyl (C=O) groups is 1. The Bertz CT molecular complexity index is 665. The molecule has 0 saturated heterocycles.